The number of rotatable bonds is 4. The summed E-state index contributed by atoms with van der Waals surface area (Å²) >= 11 is 0. The summed E-state index contributed by atoms with van der Waals surface area (Å²) in [5, 5.41) is 3.01. The van der Waals surface area contributed by atoms with E-state index in [1.54, 1.807) is 0 Å². The van der Waals surface area contributed by atoms with E-state index in [9.17, 15) is 13.2 Å². The quantitative estimate of drug-likeness (QED) is 0.834. The lowest BCUT2D eigenvalue weighted by Crippen LogP contribution is -2.54. The summed E-state index contributed by atoms with van der Waals surface area (Å²) in [6.07, 6.45) is 6.34. The molecule has 2 aliphatic rings. The second kappa shape index (κ2) is 6.02. The molecule has 0 aromatic rings. The summed E-state index contributed by atoms with van der Waals surface area (Å²) in [6, 6.07) is 0. The molecule has 5 nitrogen and oxygen atoms in total. The molecule has 0 bridgehead atoms. The molecule has 1 aliphatic heterocycles. The largest absolute Gasteiger partial charge is 0.354 e. The van der Waals surface area contributed by atoms with E-state index in [0.29, 0.717) is 13.0 Å². The highest BCUT2D eigenvalue weighted by Gasteiger charge is 2.37. The van der Waals surface area contributed by atoms with E-state index in [0.717, 1.165) is 12.8 Å². The van der Waals surface area contributed by atoms with E-state index in [1.807, 2.05) is 0 Å². The lowest BCUT2D eigenvalue weighted by atomic mass is 9.80. The van der Waals surface area contributed by atoms with Gasteiger partial charge in [-0.15, -0.1) is 0 Å². The average molecular weight is 302 g/mol. The minimum atomic E-state index is -2.99. The molecular weight excluding hydrogens is 276 g/mol. The number of nitrogens with zero attached hydrogens (tertiary/aromatic N) is 1. The summed E-state index contributed by atoms with van der Waals surface area (Å²) in [4.78, 5) is 14.4. The van der Waals surface area contributed by atoms with Gasteiger partial charge in [0.1, 0.15) is 0 Å². The fourth-order valence-corrected chi connectivity index (χ4v) is 5.13. The van der Waals surface area contributed by atoms with Crippen LogP contribution in [0.1, 0.15) is 38.5 Å². The first kappa shape index (κ1) is 15.8. The maximum Gasteiger partial charge on any atom is 0.224 e. The smallest absolute Gasteiger partial charge is 0.224 e. The number of carbonyl (C=O) groups excluding carboxylic acids is 1. The lowest BCUT2D eigenvalue weighted by molar-refractivity contribution is -0.125. The number of hydrogen-bond acceptors (Lipinski definition) is 4. The van der Waals surface area contributed by atoms with Gasteiger partial charge < -0.3 is 10.2 Å². The van der Waals surface area contributed by atoms with Crippen LogP contribution in [0.2, 0.25) is 0 Å². The minimum absolute atomic E-state index is 0.0216. The Morgan fingerprint density at radius 1 is 1.25 bits per heavy atom. The van der Waals surface area contributed by atoms with Crippen LogP contribution in [0.3, 0.4) is 0 Å². The summed E-state index contributed by atoms with van der Waals surface area (Å²) in [5.74, 6) is -0.252. The van der Waals surface area contributed by atoms with Gasteiger partial charge in [0.15, 0.2) is 9.84 Å². The summed E-state index contributed by atoms with van der Waals surface area (Å²) in [7, 11) is 1.15. The van der Waals surface area contributed by atoms with Crippen molar-refractivity contribution in [3.8, 4) is 0 Å². The van der Waals surface area contributed by atoms with Crippen molar-refractivity contribution in [2.24, 2.45) is 5.92 Å². The molecule has 20 heavy (non-hydrogen) atoms. The third-order valence-corrected chi connectivity index (χ3v) is 6.70. The Morgan fingerprint density at radius 2 is 1.90 bits per heavy atom. The Labute approximate surface area is 122 Å². The van der Waals surface area contributed by atoms with Crippen LogP contribution in [-0.4, -0.2) is 56.9 Å². The maximum absolute atomic E-state index is 12.1. The van der Waals surface area contributed by atoms with Gasteiger partial charge in [-0.3, -0.25) is 4.79 Å². The number of nitrogens with one attached hydrogen (secondary N) is 1. The second-order valence-corrected chi connectivity index (χ2v) is 8.73. The summed E-state index contributed by atoms with van der Waals surface area (Å²) in [6.45, 7) is 0.634. The lowest BCUT2D eigenvalue weighted by Gasteiger charge is -2.43. The Morgan fingerprint density at radius 3 is 2.40 bits per heavy atom. The van der Waals surface area contributed by atoms with Crippen LogP contribution in [0.25, 0.3) is 0 Å². The second-order valence-electron chi connectivity index (χ2n) is 6.50. The molecule has 1 heterocycles. The molecule has 1 N–H and O–H groups in total. The van der Waals surface area contributed by atoms with Crippen molar-refractivity contribution < 1.29 is 13.2 Å². The minimum Gasteiger partial charge on any atom is -0.354 e. The van der Waals surface area contributed by atoms with Gasteiger partial charge >= 0.3 is 0 Å². The van der Waals surface area contributed by atoms with E-state index < -0.39 is 9.84 Å². The van der Waals surface area contributed by atoms with Crippen LogP contribution in [0.5, 0.6) is 0 Å². The fourth-order valence-electron chi connectivity index (χ4n) is 3.39. The Balaban J connectivity index is 1.91. The predicted molar refractivity (Wildman–Crippen MR) is 79.3 cm³/mol. The van der Waals surface area contributed by atoms with Gasteiger partial charge in [-0.05, 0) is 33.4 Å². The van der Waals surface area contributed by atoms with Gasteiger partial charge in [0.2, 0.25) is 5.91 Å². The third kappa shape index (κ3) is 3.52. The molecule has 1 amide bonds. The first-order valence-corrected chi connectivity index (χ1v) is 9.32. The number of likely N-dealkylation sites (N-methyl/N-ethyl adjacent to an activating group) is 1. The average Bonchev–Trinajstić information content (AvgIpc) is 2.77. The van der Waals surface area contributed by atoms with Crippen molar-refractivity contribution in [3.05, 3.63) is 0 Å². The Kier molecular flexibility index (Phi) is 4.74. The molecule has 0 spiro atoms. The molecular formula is C14H26N2O3S. The Bertz CT molecular complexity index is 453. The molecule has 1 atom stereocenters. The third-order valence-electron chi connectivity index (χ3n) is 4.93. The van der Waals surface area contributed by atoms with Gasteiger partial charge in [-0.25, -0.2) is 8.42 Å². The van der Waals surface area contributed by atoms with E-state index >= 15 is 0 Å². The van der Waals surface area contributed by atoms with Gasteiger partial charge in [0.05, 0.1) is 17.4 Å². The van der Waals surface area contributed by atoms with Gasteiger partial charge in [-0.2, -0.15) is 0 Å². The molecule has 0 radical (unpaired) electrons. The van der Waals surface area contributed by atoms with Crippen molar-refractivity contribution in [2.75, 3.05) is 32.1 Å². The monoisotopic (exact) mass is 302 g/mol. The van der Waals surface area contributed by atoms with Crippen LogP contribution in [-0.2, 0) is 14.6 Å². The molecule has 2 fully saturated rings. The van der Waals surface area contributed by atoms with Crippen LogP contribution in [0.15, 0.2) is 0 Å². The van der Waals surface area contributed by atoms with Crippen LogP contribution < -0.4 is 5.32 Å². The van der Waals surface area contributed by atoms with Crippen molar-refractivity contribution in [1.82, 2.24) is 10.2 Å². The predicted octanol–water partition coefficient (Wildman–Crippen LogP) is 0.802. The number of hydrogen-bond donors (Lipinski definition) is 1. The van der Waals surface area contributed by atoms with Gasteiger partial charge in [-0.1, -0.05) is 19.3 Å². The van der Waals surface area contributed by atoms with E-state index in [1.165, 1.54) is 19.3 Å². The maximum atomic E-state index is 12.1. The first-order valence-electron chi connectivity index (χ1n) is 7.50. The summed E-state index contributed by atoms with van der Waals surface area (Å²) in [5.41, 5.74) is 0.0470. The number of amides is 1. The topological polar surface area (TPSA) is 66.5 Å². The molecule has 116 valence electrons. The summed E-state index contributed by atoms with van der Waals surface area (Å²) < 4.78 is 22.9. The highest BCUT2D eigenvalue weighted by atomic mass is 32.2. The van der Waals surface area contributed by atoms with Gasteiger partial charge in [0.25, 0.3) is 0 Å². The van der Waals surface area contributed by atoms with E-state index in [2.05, 4.69) is 24.3 Å². The highest BCUT2D eigenvalue weighted by molar-refractivity contribution is 7.91. The molecule has 1 aliphatic carbocycles. The van der Waals surface area contributed by atoms with E-state index in [4.69, 9.17) is 0 Å². The molecule has 1 saturated carbocycles. The fraction of sp³-hybridized carbons (Fsp3) is 0.929. The zero-order valence-electron chi connectivity index (χ0n) is 12.5. The zero-order valence-corrected chi connectivity index (χ0v) is 13.3. The number of sulfone groups is 1. The van der Waals surface area contributed by atoms with E-state index in [-0.39, 0.29) is 28.9 Å². The molecule has 0 aromatic carbocycles. The Hall–Kier alpha value is -0.620. The zero-order chi connectivity index (χ0) is 14.8. The van der Waals surface area contributed by atoms with Crippen molar-refractivity contribution >= 4 is 15.7 Å². The van der Waals surface area contributed by atoms with Crippen LogP contribution in [0, 0.1) is 5.92 Å². The molecule has 1 saturated heterocycles. The van der Waals surface area contributed by atoms with Crippen molar-refractivity contribution in [1.29, 1.82) is 0 Å². The standard InChI is InChI=1S/C14H26N2O3S/c1-16(2)14(7-4-3-5-8-14)11-15-13(17)12-6-9-20(18,19)10-12/h12H,3-11H2,1-2H3,(H,15,17). The van der Waals surface area contributed by atoms with Gasteiger partial charge in [0, 0.05) is 12.1 Å². The highest BCUT2D eigenvalue weighted by Crippen LogP contribution is 2.31. The molecule has 1 unspecified atom stereocenters. The molecule has 2 rings (SSSR count). The van der Waals surface area contributed by atoms with Crippen molar-refractivity contribution in [3.63, 3.8) is 0 Å². The first-order chi connectivity index (χ1) is 9.35. The van der Waals surface area contributed by atoms with Crippen molar-refractivity contribution in [2.45, 2.75) is 44.1 Å². The van der Waals surface area contributed by atoms with Crippen LogP contribution in [0.4, 0.5) is 0 Å². The SMILES string of the molecule is CN(C)C1(CNC(=O)C2CCS(=O)(=O)C2)CCCCC1. The molecule has 0 aromatic heterocycles. The normalized spacial score (nSPS) is 28.4. The van der Waals surface area contributed by atoms with Crippen LogP contribution >= 0.6 is 0 Å². The number of carbonyl (C=O) groups is 1. The molecule has 6 heteroatoms.